The monoisotopic (exact) mass is 294 g/mol. The topological polar surface area (TPSA) is 52.6 Å². The fraction of sp³-hybridized carbons (Fsp3) is 0.882. The lowest BCUT2D eigenvalue weighted by Gasteiger charge is -2.51. The molecule has 2 heterocycles. The minimum absolute atomic E-state index is 0.0641. The smallest absolute Gasteiger partial charge is 0.312 e. The molecule has 118 valence electrons. The van der Waals surface area contributed by atoms with E-state index < -0.39 is 11.0 Å². The van der Waals surface area contributed by atoms with E-state index >= 15 is 0 Å². The summed E-state index contributed by atoms with van der Waals surface area (Å²) >= 11 is 0. The van der Waals surface area contributed by atoms with Gasteiger partial charge in [-0.2, -0.15) is 0 Å². The minimum Gasteiger partial charge on any atom is -0.462 e. The van der Waals surface area contributed by atoms with Gasteiger partial charge in [-0.1, -0.05) is 13.8 Å². The average molecular weight is 294 g/mol. The SMILES string of the molecule is CCC(C)(C)C(=O)OC12CC3CC(C)(CC(C1)C(=O)O3)C2. The largest absolute Gasteiger partial charge is 0.462 e. The second-order valence-corrected chi connectivity index (χ2v) is 8.37. The Morgan fingerprint density at radius 2 is 2.05 bits per heavy atom. The summed E-state index contributed by atoms with van der Waals surface area (Å²) in [4.78, 5) is 24.7. The molecule has 21 heavy (non-hydrogen) atoms. The van der Waals surface area contributed by atoms with Gasteiger partial charge in [0.2, 0.25) is 0 Å². The number of hydrogen-bond donors (Lipinski definition) is 0. The van der Waals surface area contributed by atoms with Gasteiger partial charge in [-0.15, -0.1) is 0 Å². The van der Waals surface area contributed by atoms with E-state index in [0.717, 1.165) is 25.7 Å². The highest BCUT2D eigenvalue weighted by molar-refractivity contribution is 5.77. The molecule has 2 saturated heterocycles. The number of hydrogen-bond acceptors (Lipinski definition) is 4. The van der Waals surface area contributed by atoms with Crippen molar-refractivity contribution in [2.45, 2.75) is 77.9 Å². The number of carbonyl (C=O) groups is 2. The summed E-state index contributed by atoms with van der Waals surface area (Å²) in [6, 6.07) is 0. The van der Waals surface area contributed by atoms with Gasteiger partial charge in [-0.25, -0.2) is 0 Å². The molecule has 4 unspecified atom stereocenters. The van der Waals surface area contributed by atoms with Crippen molar-refractivity contribution in [1.82, 2.24) is 0 Å². The lowest BCUT2D eigenvalue weighted by atomic mass is 9.57. The van der Waals surface area contributed by atoms with Crippen LogP contribution in [0.4, 0.5) is 0 Å². The van der Waals surface area contributed by atoms with Gasteiger partial charge in [0.05, 0.1) is 11.3 Å². The Bertz CT molecular complexity index is 483. The molecule has 4 nitrogen and oxygen atoms in total. The van der Waals surface area contributed by atoms with E-state index in [4.69, 9.17) is 9.47 Å². The molecule has 4 aliphatic rings. The zero-order valence-electron chi connectivity index (χ0n) is 13.5. The van der Waals surface area contributed by atoms with Crippen LogP contribution in [-0.2, 0) is 19.1 Å². The third-order valence-corrected chi connectivity index (χ3v) is 5.79. The summed E-state index contributed by atoms with van der Waals surface area (Å²) in [7, 11) is 0. The number of carbonyl (C=O) groups excluding carboxylic acids is 2. The lowest BCUT2D eigenvalue weighted by Crippen LogP contribution is -2.53. The van der Waals surface area contributed by atoms with Crippen molar-refractivity contribution in [2.75, 3.05) is 0 Å². The van der Waals surface area contributed by atoms with Crippen LogP contribution >= 0.6 is 0 Å². The van der Waals surface area contributed by atoms with E-state index in [1.165, 1.54) is 0 Å². The van der Waals surface area contributed by atoms with E-state index in [1.54, 1.807) is 0 Å². The summed E-state index contributed by atoms with van der Waals surface area (Å²) < 4.78 is 11.6. The van der Waals surface area contributed by atoms with Gasteiger partial charge in [0.25, 0.3) is 0 Å². The fourth-order valence-corrected chi connectivity index (χ4v) is 4.49. The van der Waals surface area contributed by atoms with Gasteiger partial charge in [-0.3, -0.25) is 9.59 Å². The Kier molecular flexibility index (Phi) is 3.16. The molecular weight excluding hydrogens is 268 g/mol. The lowest BCUT2D eigenvalue weighted by molar-refractivity contribution is -0.190. The number of fused-ring (bicyclic) bond motifs is 1. The van der Waals surface area contributed by atoms with Crippen molar-refractivity contribution >= 4 is 11.9 Å². The summed E-state index contributed by atoms with van der Waals surface area (Å²) in [5, 5.41) is 0. The maximum Gasteiger partial charge on any atom is 0.312 e. The zero-order valence-corrected chi connectivity index (χ0v) is 13.5. The van der Waals surface area contributed by atoms with Crippen molar-refractivity contribution < 1.29 is 19.1 Å². The third kappa shape index (κ3) is 2.47. The summed E-state index contributed by atoms with van der Waals surface area (Å²) in [5.74, 6) is -0.326. The van der Waals surface area contributed by atoms with Gasteiger partial charge in [0.1, 0.15) is 11.7 Å². The molecule has 0 aromatic carbocycles. The number of ether oxygens (including phenoxy) is 2. The minimum atomic E-state index is -0.490. The molecule has 4 atom stereocenters. The molecule has 2 aliphatic carbocycles. The first-order valence-corrected chi connectivity index (χ1v) is 8.11. The highest BCUT2D eigenvalue weighted by Gasteiger charge is 2.59. The Hall–Kier alpha value is -1.06. The van der Waals surface area contributed by atoms with Gasteiger partial charge in [-0.05, 0) is 44.9 Å². The molecular formula is C17H26O4. The van der Waals surface area contributed by atoms with Crippen molar-refractivity contribution in [3.8, 4) is 0 Å². The molecule has 4 heteroatoms. The molecule has 0 amide bonds. The molecule has 4 fully saturated rings. The molecule has 0 spiro atoms. The van der Waals surface area contributed by atoms with Gasteiger partial charge < -0.3 is 9.47 Å². The van der Waals surface area contributed by atoms with Crippen LogP contribution in [0.2, 0.25) is 0 Å². The first-order valence-electron chi connectivity index (χ1n) is 8.11. The Balaban J connectivity index is 1.88. The van der Waals surface area contributed by atoms with Gasteiger partial charge in [0, 0.05) is 12.8 Å². The van der Waals surface area contributed by atoms with Crippen molar-refractivity contribution in [1.29, 1.82) is 0 Å². The molecule has 0 N–H and O–H groups in total. The third-order valence-electron chi connectivity index (χ3n) is 5.79. The van der Waals surface area contributed by atoms with Gasteiger partial charge in [0.15, 0.2) is 0 Å². The molecule has 0 aromatic rings. The Morgan fingerprint density at radius 1 is 1.33 bits per heavy atom. The van der Waals surface area contributed by atoms with E-state index in [2.05, 4.69) is 6.92 Å². The predicted octanol–water partition coefficient (Wildman–Crippen LogP) is 3.23. The second kappa shape index (κ2) is 4.47. The van der Waals surface area contributed by atoms with Crippen LogP contribution < -0.4 is 0 Å². The standard InChI is InChI=1S/C17H26O4/c1-5-15(2,3)14(19)21-17-7-11-6-16(4,10-17)8-12(9-17)20-13(11)18/h11-12H,5-10H2,1-4H3. The maximum atomic E-state index is 12.5. The molecule has 2 saturated carbocycles. The summed E-state index contributed by atoms with van der Waals surface area (Å²) in [5.41, 5.74) is -0.894. The van der Waals surface area contributed by atoms with Crippen LogP contribution in [0.25, 0.3) is 0 Å². The van der Waals surface area contributed by atoms with Crippen LogP contribution in [0.5, 0.6) is 0 Å². The molecule has 0 radical (unpaired) electrons. The van der Waals surface area contributed by atoms with Crippen molar-refractivity contribution in [3.63, 3.8) is 0 Å². The quantitative estimate of drug-likeness (QED) is 0.750. The second-order valence-electron chi connectivity index (χ2n) is 8.37. The van der Waals surface area contributed by atoms with Crippen LogP contribution in [0.15, 0.2) is 0 Å². The first kappa shape index (κ1) is 14.9. The highest BCUT2D eigenvalue weighted by Crippen LogP contribution is 2.57. The van der Waals surface area contributed by atoms with Crippen LogP contribution in [-0.4, -0.2) is 23.6 Å². The van der Waals surface area contributed by atoms with Crippen LogP contribution in [0, 0.1) is 16.7 Å². The predicted molar refractivity (Wildman–Crippen MR) is 77.5 cm³/mol. The maximum absolute atomic E-state index is 12.5. The Morgan fingerprint density at radius 3 is 2.71 bits per heavy atom. The van der Waals surface area contributed by atoms with E-state index in [9.17, 15) is 9.59 Å². The zero-order chi connectivity index (χ0) is 15.5. The van der Waals surface area contributed by atoms with E-state index in [0.29, 0.717) is 12.8 Å². The average Bonchev–Trinajstić information content (AvgIpc) is 2.49. The molecule has 2 aliphatic heterocycles. The molecule has 4 bridgehead atoms. The molecule has 0 aromatic heterocycles. The Labute approximate surface area is 126 Å². The van der Waals surface area contributed by atoms with Crippen LogP contribution in [0.1, 0.15) is 66.2 Å². The summed E-state index contributed by atoms with van der Waals surface area (Å²) in [6.45, 7) is 8.06. The van der Waals surface area contributed by atoms with Crippen molar-refractivity contribution in [2.24, 2.45) is 16.7 Å². The number of esters is 2. The first-order chi connectivity index (χ1) is 9.67. The fourth-order valence-electron chi connectivity index (χ4n) is 4.49. The van der Waals surface area contributed by atoms with Crippen LogP contribution in [0.3, 0.4) is 0 Å². The number of rotatable bonds is 3. The normalized spacial score (nSPS) is 41.6. The highest BCUT2D eigenvalue weighted by atomic mass is 16.6. The molecule has 4 rings (SSSR count). The van der Waals surface area contributed by atoms with E-state index in [1.807, 2.05) is 20.8 Å². The van der Waals surface area contributed by atoms with E-state index in [-0.39, 0.29) is 29.4 Å². The van der Waals surface area contributed by atoms with Gasteiger partial charge >= 0.3 is 11.9 Å². The van der Waals surface area contributed by atoms with Crippen molar-refractivity contribution in [3.05, 3.63) is 0 Å². The summed E-state index contributed by atoms with van der Waals surface area (Å²) in [6.07, 6.45) is 4.64.